The van der Waals surface area contributed by atoms with Gasteiger partial charge >= 0.3 is 15.6 Å². The van der Waals surface area contributed by atoms with Crippen molar-refractivity contribution in [2.75, 3.05) is 5.32 Å². The lowest BCUT2D eigenvalue weighted by atomic mass is 10.2. The fraction of sp³-hybridized carbons (Fsp3) is 0.100. The Kier molecular flexibility index (Phi) is 3.23. The van der Waals surface area contributed by atoms with Crippen LogP contribution in [0.1, 0.15) is 0 Å². The Morgan fingerprint density at radius 2 is 2.00 bits per heavy atom. The quantitative estimate of drug-likeness (QED) is 0.672. The van der Waals surface area contributed by atoms with E-state index in [0.717, 1.165) is 12.1 Å². The van der Waals surface area contributed by atoms with Gasteiger partial charge in [0.15, 0.2) is 0 Å². The standard InChI is InChI=1S/C10H7F3N2O3S/c11-10(12,13)19(16,17)18-7-2-3-8-9(6-7)15-5-1-4-14-8/h1-6,15H. The Bertz CT molecular complexity index is 650. The number of nitrogens with zero attached hydrogens (tertiary/aromatic N) is 1. The van der Waals surface area contributed by atoms with E-state index in [1.54, 1.807) is 6.08 Å². The third kappa shape index (κ3) is 2.87. The number of nitrogens with one attached hydrogen (secondary N) is 1. The molecule has 0 aliphatic carbocycles. The highest BCUT2D eigenvalue weighted by atomic mass is 32.2. The lowest BCUT2D eigenvalue weighted by Gasteiger charge is -2.11. The Morgan fingerprint density at radius 1 is 1.26 bits per heavy atom. The number of anilines is 1. The monoisotopic (exact) mass is 292 g/mol. The van der Waals surface area contributed by atoms with Gasteiger partial charge in [-0.25, -0.2) is 0 Å². The van der Waals surface area contributed by atoms with Crippen molar-refractivity contribution >= 4 is 27.7 Å². The Hall–Kier alpha value is -2.03. The van der Waals surface area contributed by atoms with Crippen molar-refractivity contribution in [3.05, 3.63) is 30.5 Å². The summed E-state index contributed by atoms with van der Waals surface area (Å²) in [6.07, 6.45) is 4.55. The summed E-state index contributed by atoms with van der Waals surface area (Å²) < 4.78 is 62.2. The SMILES string of the molecule is O=S(=O)(Oc1ccc2c(c1)NC=CC=N2)C(F)(F)F. The van der Waals surface area contributed by atoms with Crippen LogP contribution < -0.4 is 9.50 Å². The molecule has 0 saturated carbocycles. The molecule has 9 heteroatoms. The van der Waals surface area contributed by atoms with Gasteiger partial charge in [0.2, 0.25) is 0 Å². The van der Waals surface area contributed by atoms with Gasteiger partial charge in [-0.05, 0) is 18.2 Å². The highest BCUT2D eigenvalue weighted by Gasteiger charge is 2.48. The van der Waals surface area contributed by atoms with Crippen LogP contribution in [-0.4, -0.2) is 20.1 Å². The maximum absolute atomic E-state index is 12.2. The van der Waals surface area contributed by atoms with Gasteiger partial charge in [-0.15, -0.1) is 0 Å². The maximum Gasteiger partial charge on any atom is 0.534 e. The van der Waals surface area contributed by atoms with Crippen molar-refractivity contribution in [2.45, 2.75) is 5.51 Å². The number of fused-ring (bicyclic) bond motifs is 1. The summed E-state index contributed by atoms with van der Waals surface area (Å²) in [5, 5.41) is 2.73. The first-order chi connectivity index (χ1) is 8.79. The van der Waals surface area contributed by atoms with Gasteiger partial charge in [0.25, 0.3) is 0 Å². The molecule has 102 valence electrons. The number of alkyl halides is 3. The molecular weight excluding hydrogens is 285 g/mol. The van der Waals surface area contributed by atoms with Crippen molar-refractivity contribution in [3.63, 3.8) is 0 Å². The minimum atomic E-state index is -5.67. The van der Waals surface area contributed by atoms with Gasteiger partial charge in [0, 0.05) is 18.5 Å². The normalized spacial score (nSPS) is 14.5. The van der Waals surface area contributed by atoms with E-state index in [1.807, 2.05) is 0 Å². The number of halogens is 3. The zero-order valence-corrected chi connectivity index (χ0v) is 9.99. The third-order valence-corrected chi connectivity index (χ3v) is 3.07. The Labute approximate surface area is 106 Å². The van der Waals surface area contributed by atoms with Gasteiger partial charge in [-0.3, -0.25) is 4.99 Å². The van der Waals surface area contributed by atoms with Crippen molar-refractivity contribution < 1.29 is 25.8 Å². The minimum absolute atomic E-state index is 0.333. The number of aliphatic imine (C=N–C) groups is 1. The first kappa shape index (κ1) is 13.4. The first-order valence-electron chi connectivity index (χ1n) is 4.90. The predicted molar refractivity (Wildman–Crippen MR) is 63.0 cm³/mol. The number of allylic oxidation sites excluding steroid dienone is 1. The second kappa shape index (κ2) is 4.57. The molecule has 0 atom stereocenters. The molecule has 2 rings (SSSR count). The fourth-order valence-corrected chi connectivity index (χ4v) is 1.72. The molecular formula is C10H7F3N2O3S. The molecule has 0 radical (unpaired) electrons. The third-order valence-electron chi connectivity index (χ3n) is 2.09. The molecule has 0 spiro atoms. The summed E-state index contributed by atoms with van der Waals surface area (Å²) in [5.41, 5.74) is -4.69. The molecule has 0 unspecified atom stereocenters. The summed E-state index contributed by atoms with van der Waals surface area (Å²) in [6.45, 7) is 0. The highest BCUT2D eigenvalue weighted by Crippen LogP contribution is 2.33. The molecule has 1 aromatic carbocycles. The van der Waals surface area contributed by atoms with Gasteiger partial charge in [0.1, 0.15) is 5.75 Å². The summed E-state index contributed by atoms with van der Waals surface area (Å²) in [4.78, 5) is 3.97. The largest absolute Gasteiger partial charge is 0.534 e. The first-order valence-corrected chi connectivity index (χ1v) is 6.31. The van der Waals surface area contributed by atoms with Gasteiger partial charge < -0.3 is 9.50 Å². The lowest BCUT2D eigenvalue weighted by molar-refractivity contribution is -0.0500. The van der Waals surface area contributed by atoms with E-state index in [4.69, 9.17) is 0 Å². The zero-order chi connectivity index (χ0) is 14.1. The molecule has 0 bridgehead atoms. The molecule has 0 fully saturated rings. The van der Waals surface area contributed by atoms with Crippen LogP contribution in [0, 0.1) is 0 Å². The number of benzene rings is 1. The van der Waals surface area contributed by atoms with Gasteiger partial charge in [0.05, 0.1) is 11.4 Å². The van der Waals surface area contributed by atoms with E-state index in [9.17, 15) is 21.6 Å². The van der Waals surface area contributed by atoms with E-state index < -0.39 is 21.4 Å². The molecule has 5 nitrogen and oxygen atoms in total. The van der Waals surface area contributed by atoms with Crippen molar-refractivity contribution in [3.8, 4) is 5.75 Å². The van der Waals surface area contributed by atoms with Crippen LogP contribution in [0.2, 0.25) is 0 Å². The van der Waals surface area contributed by atoms with Crippen LogP contribution in [0.25, 0.3) is 0 Å². The van der Waals surface area contributed by atoms with E-state index in [0.29, 0.717) is 11.4 Å². The van der Waals surface area contributed by atoms with Gasteiger partial charge in [-0.2, -0.15) is 21.6 Å². The minimum Gasteiger partial charge on any atom is -0.376 e. The molecule has 0 saturated heterocycles. The van der Waals surface area contributed by atoms with Crippen LogP contribution in [0.3, 0.4) is 0 Å². The summed E-state index contributed by atoms with van der Waals surface area (Å²) >= 11 is 0. The van der Waals surface area contributed by atoms with Crippen molar-refractivity contribution in [1.82, 2.24) is 0 Å². The second-order valence-electron chi connectivity index (χ2n) is 3.44. The maximum atomic E-state index is 12.2. The molecule has 0 amide bonds. The summed E-state index contributed by atoms with van der Waals surface area (Å²) in [6, 6.07) is 3.55. The average molecular weight is 292 g/mol. The number of rotatable bonds is 2. The molecule has 0 aromatic heterocycles. The van der Waals surface area contributed by atoms with Crippen molar-refractivity contribution in [2.24, 2.45) is 4.99 Å². The van der Waals surface area contributed by atoms with Crippen LogP contribution in [0.4, 0.5) is 24.5 Å². The van der Waals surface area contributed by atoms with Crippen LogP contribution in [-0.2, 0) is 10.1 Å². The number of hydrogen-bond acceptors (Lipinski definition) is 5. The summed E-state index contributed by atoms with van der Waals surface area (Å²) in [5.74, 6) is -0.450. The van der Waals surface area contributed by atoms with E-state index in [1.165, 1.54) is 18.5 Å². The molecule has 1 aliphatic rings. The molecule has 1 aliphatic heterocycles. The molecule has 1 N–H and O–H groups in total. The van der Waals surface area contributed by atoms with Crippen LogP contribution in [0.5, 0.6) is 5.75 Å². The smallest absolute Gasteiger partial charge is 0.376 e. The van der Waals surface area contributed by atoms with E-state index in [-0.39, 0.29) is 0 Å². The van der Waals surface area contributed by atoms with E-state index >= 15 is 0 Å². The van der Waals surface area contributed by atoms with Crippen LogP contribution in [0.15, 0.2) is 35.5 Å². The van der Waals surface area contributed by atoms with Crippen LogP contribution >= 0.6 is 0 Å². The van der Waals surface area contributed by atoms with Crippen molar-refractivity contribution in [1.29, 1.82) is 0 Å². The molecule has 1 aromatic rings. The topological polar surface area (TPSA) is 67.8 Å². The number of hydrogen-bond donors (Lipinski definition) is 1. The highest BCUT2D eigenvalue weighted by molar-refractivity contribution is 7.88. The van der Waals surface area contributed by atoms with Gasteiger partial charge in [-0.1, -0.05) is 0 Å². The fourth-order valence-electron chi connectivity index (χ4n) is 1.27. The zero-order valence-electron chi connectivity index (χ0n) is 9.18. The second-order valence-corrected chi connectivity index (χ2v) is 4.98. The Balaban J connectivity index is 2.32. The lowest BCUT2D eigenvalue weighted by Crippen LogP contribution is -2.28. The average Bonchev–Trinajstić information content (AvgIpc) is 2.51. The molecule has 1 heterocycles. The Morgan fingerprint density at radius 3 is 2.68 bits per heavy atom. The molecule has 19 heavy (non-hydrogen) atoms. The predicted octanol–water partition coefficient (Wildman–Crippen LogP) is 2.56. The van der Waals surface area contributed by atoms with E-state index in [2.05, 4.69) is 14.5 Å². The summed E-state index contributed by atoms with van der Waals surface area (Å²) in [7, 11) is -5.67.